The number of rotatable bonds is 6. The lowest BCUT2D eigenvalue weighted by atomic mass is 10.1. The second-order valence-electron chi connectivity index (χ2n) is 5.86. The Kier molecular flexibility index (Phi) is 5.09. The zero-order valence-corrected chi connectivity index (χ0v) is 14.8. The van der Waals surface area contributed by atoms with Crippen LogP contribution in [-0.2, 0) is 16.1 Å². The number of fused-ring (bicyclic) bond motifs is 1. The maximum atomic E-state index is 12.8. The number of benzene rings is 1. The molecule has 0 aliphatic carbocycles. The van der Waals surface area contributed by atoms with Crippen molar-refractivity contribution < 1.29 is 14.3 Å². The Morgan fingerprint density at radius 3 is 2.62 bits per heavy atom. The molecule has 1 aliphatic heterocycles. The van der Waals surface area contributed by atoms with Gasteiger partial charge in [-0.15, -0.1) is 11.8 Å². The molecule has 24 heavy (non-hydrogen) atoms. The molecular weight excluding hydrogens is 322 g/mol. The van der Waals surface area contributed by atoms with Crippen LogP contribution in [0.2, 0.25) is 0 Å². The van der Waals surface area contributed by atoms with Crippen LogP contribution in [0, 0.1) is 0 Å². The third-order valence-corrected chi connectivity index (χ3v) is 5.54. The quantitative estimate of drug-likeness (QED) is 0.454. The maximum Gasteiger partial charge on any atom is 0.314 e. The van der Waals surface area contributed by atoms with Crippen molar-refractivity contribution >= 4 is 23.5 Å². The summed E-state index contributed by atoms with van der Waals surface area (Å²) in [5.41, 5.74) is 2.20. The number of carbonyl (C=O) groups excluding carboxylic acids is 2. The minimum Gasteiger partial charge on any atom is -0.469 e. The highest BCUT2D eigenvalue weighted by molar-refractivity contribution is 7.99. The molecule has 1 aromatic heterocycles. The molecule has 1 atom stereocenters. The van der Waals surface area contributed by atoms with Crippen LogP contribution in [0.4, 0.5) is 0 Å². The van der Waals surface area contributed by atoms with Gasteiger partial charge in [0.15, 0.2) is 0 Å². The van der Waals surface area contributed by atoms with E-state index < -0.39 is 0 Å². The van der Waals surface area contributed by atoms with Gasteiger partial charge in [0.25, 0.3) is 0 Å². The second kappa shape index (κ2) is 7.26. The summed E-state index contributed by atoms with van der Waals surface area (Å²) in [6.07, 6.45) is 1.82. The van der Waals surface area contributed by atoms with Crippen molar-refractivity contribution in [3.05, 3.63) is 53.3 Å². The molecule has 0 N–H and O–H groups in total. The fourth-order valence-electron chi connectivity index (χ4n) is 3.09. The van der Waals surface area contributed by atoms with Crippen LogP contribution in [0.3, 0.4) is 0 Å². The molecule has 1 aliphatic rings. The van der Waals surface area contributed by atoms with Crippen molar-refractivity contribution in [2.75, 3.05) is 12.9 Å². The molecule has 0 saturated heterocycles. The van der Waals surface area contributed by atoms with E-state index in [9.17, 15) is 9.59 Å². The van der Waals surface area contributed by atoms with E-state index in [2.05, 4.69) is 6.92 Å². The molecule has 2 heterocycles. The highest BCUT2D eigenvalue weighted by Gasteiger charge is 2.32. The Labute approximate surface area is 146 Å². The largest absolute Gasteiger partial charge is 0.469 e. The van der Waals surface area contributed by atoms with Crippen LogP contribution in [0.15, 0.2) is 41.3 Å². The average molecular weight is 343 g/mol. The number of thioether (sulfide) groups is 1. The zero-order valence-electron chi connectivity index (χ0n) is 14.0. The van der Waals surface area contributed by atoms with E-state index in [4.69, 9.17) is 4.74 Å². The van der Waals surface area contributed by atoms with Crippen molar-refractivity contribution in [1.82, 2.24) is 4.57 Å². The first-order valence-corrected chi connectivity index (χ1v) is 9.19. The van der Waals surface area contributed by atoms with Crippen molar-refractivity contribution in [2.45, 2.75) is 37.1 Å². The van der Waals surface area contributed by atoms with E-state index in [0.29, 0.717) is 24.2 Å². The molecule has 1 aromatic carbocycles. The van der Waals surface area contributed by atoms with E-state index in [1.54, 1.807) is 11.8 Å². The molecule has 4 nitrogen and oxygen atoms in total. The maximum absolute atomic E-state index is 12.8. The van der Waals surface area contributed by atoms with Crippen LogP contribution in [0.1, 0.15) is 47.4 Å². The Morgan fingerprint density at radius 1 is 1.21 bits per heavy atom. The Bertz CT molecular complexity index is 748. The number of aromatic nitrogens is 1. The summed E-state index contributed by atoms with van der Waals surface area (Å²) < 4.78 is 6.80. The van der Waals surface area contributed by atoms with Crippen LogP contribution in [0.25, 0.3) is 0 Å². The van der Waals surface area contributed by atoms with Gasteiger partial charge in [-0.05, 0) is 55.0 Å². The lowest BCUT2D eigenvalue weighted by Crippen LogP contribution is -2.11. The van der Waals surface area contributed by atoms with Gasteiger partial charge in [-0.1, -0.05) is 6.92 Å². The van der Waals surface area contributed by atoms with Gasteiger partial charge < -0.3 is 9.30 Å². The number of ether oxygens (including phenoxy) is 1. The second-order valence-corrected chi connectivity index (χ2v) is 7.03. The number of hydrogen-bond donors (Lipinski definition) is 0. The number of hydrogen-bond acceptors (Lipinski definition) is 4. The van der Waals surface area contributed by atoms with Crippen molar-refractivity contribution in [3.63, 3.8) is 0 Å². The normalized spacial score (nSPS) is 16.0. The molecule has 0 amide bonds. The molecule has 1 unspecified atom stereocenters. The summed E-state index contributed by atoms with van der Waals surface area (Å²) in [5, 5.41) is 0. The molecule has 2 aromatic rings. The summed E-state index contributed by atoms with van der Waals surface area (Å²) in [6.45, 7) is 2.83. The van der Waals surface area contributed by atoms with E-state index in [1.807, 2.05) is 41.0 Å². The van der Waals surface area contributed by atoms with Crippen LogP contribution < -0.4 is 0 Å². The van der Waals surface area contributed by atoms with Gasteiger partial charge in [0, 0.05) is 22.7 Å². The molecular formula is C19H21NO3S. The molecule has 0 fully saturated rings. The predicted molar refractivity (Wildman–Crippen MR) is 94.7 cm³/mol. The zero-order chi connectivity index (χ0) is 17.1. The van der Waals surface area contributed by atoms with E-state index in [-0.39, 0.29) is 17.7 Å². The Hall–Kier alpha value is -2.01. The molecule has 0 radical (unpaired) electrons. The number of carbonyl (C=O) groups is 2. The van der Waals surface area contributed by atoms with E-state index >= 15 is 0 Å². The predicted octanol–water partition coefficient (Wildman–Crippen LogP) is 3.88. The molecule has 5 heteroatoms. The van der Waals surface area contributed by atoms with Gasteiger partial charge in [-0.3, -0.25) is 9.59 Å². The lowest BCUT2D eigenvalue weighted by Gasteiger charge is -2.07. The van der Waals surface area contributed by atoms with Crippen molar-refractivity contribution in [1.29, 1.82) is 0 Å². The molecule has 0 bridgehead atoms. The first-order chi connectivity index (χ1) is 11.7. The van der Waals surface area contributed by atoms with Crippen molar-refractivity contribution in [3.8, 4) is 0 Å². The van der Waals surface area contributed by atoms with Gasteiger partial charge in [0.05, 0.1) is 18.7 Å². The van der Waals surface area contributed by atoms with Gasteiger partial charge in [0.1, 0.15) is 0 Å². The minimum absolute atomic E-state index is 0.00110. The fourth-order valence-corrected chi connectivity index (χ4v) is 3.86. The third kappa shape index (κ3) is 3.13. The minimum atomic E-state index is -0.260. The number of esters is 1. The molecule has 0 spiro atoms. The highest BCUT2D eigenvalue weighted by Crippen LogP contribution is 2.32. The summed E-state index contributed by atoms with van der Waals surface area (Å²) >= 11 is 1.80. The number of ketones is 1. The van der Waals surface area contributed by atoms with Gasteiger partial charge in [-0.2, -0.15) is 0 Å². The fraction of sp³-hybridized carbons (Fsp3) is 0.368. The smallest absolute Gasteiger partial charge is 0.314 e. The summed E-state index contributed by atoms with van der Waals surface area (Å²) in [5.74, 6) is 0.584. The average Bonchev–Trinajstić information content (AvgIpc) is 3.21. The third-order valence-electron chi connectivity index (χ3n) is 4.32. The summed E-state index contributed by atoms with van der Waals surface area (Å²) in [7, 11) is 1.40. The van der Waals surface area contributed by atoms with E-state index in [1.165, 1.54) is 12.0 Å². The molecule has 126 valence electrons. The Morgan fingerprint density at radius 2 is 1.96 bits per heavy atom. The monoisotopic (exact) mass is 343 g/mol. The molecule has 0 saturated carbocycles. The SMILES string of the molecule is CCCSc1ccc(C(=O)c2ccc3n2CCC3C(=O)OC)cc1. The topological polar surface area (TPSA) is 48.3 Å². The molecule has 3 rings (SSSR count). The first kappa shape index (κ1) is 16.8. The van der Waals surface area contributed by atoms with Gasteiger partial charge in [0.2, 0.25) is 5.78 Å². The lowest BCUT2D eigenvalue weighted by molar-refractivity contribution is -0.142. The number of methoxy groups -OCH3 is 1. The summed E-state index contributed by atoms with van der Waals surface area (Å²) in [4.78, 5) is 25.8. The van der Waals surface area contributed by atoms with Crippen LogP contribution in [0.5, 0.6) is 0 Å². The van der Waals surface area contributed by atoms with Crippen LogP contribution >= 0.6 is 11.8 Å². The van der Waals surface area contributed by atoms with Gasteiger partial charge >= 0.3 is 5.97 Å². The highest BCUT2D eigenvalue weighted by atomic mass is 32.2. The van der Waals surface area contributed by atoms with Crippen molar-refractivity contribution in [2.24, 2.45) is 0 Å². The first-order valence-electron chi connectivity index (χ1n) is 8.20. The number of nitrogens with zero attached hydrogens (tertiary/aromatic N) is 1. The standard InChI is InChI=1S/C19H21NO3S/c1-3-12-24-14-6-4-13(5-7-14)18(21)17-9-8-16-15(19(22)23-2)10-11-20(16)17/h4-9,15H,3,10-12H2,1-2H3. The van der Waals surface area contributed by atoms with Crippen LogP contribution in [-0.4, -0.2) is 29.2 Å². The van der Waals surface area contributed by atoms with E-state index in [0.717, 1.165) is 17.9 Å². The summed E-state index contributed by atoms with van der Waals surface area (Å²) in [6, 6.07) is 11.4. The van der Waals surface area contributed by atoms with Gasteiger partial charge in [-0.25, -0.2) is 0 Å². The Balaban J connectivity index is 1.81.